The van der Waals surface area contributed by atoms with E-state index in [0.29, 0.717) is 23.8 Å². The van der Waals surface area contributed by atoms with Crippen LogP contribution in [-0.4, -0.2) is 37.3 Å². The Bertz CT molecular complexity index is 403. The quantitative estimate of drug-likeness (QED) is 0.717. The van der Waals surface area contributed by atoms with Gasteiger partial charge in [-0.15, -0.1) is 0 Å². The van der Waals surface area contributed by atoms with E-state index in [1.807, 2.05) is 0 Å². The third-order valence-electron chi connectivity index (χ3n) is 3.91. The first kappa shape index (κ1) is 12.3. The second-order valence-electron chi connectivity index (χ2n) is 4.82. The van der Waals surface area contributed by atoms with Gasteiger partial charge >= 0.3 is 5.97 Å². The first-order valence-corrected chi connectivity index (χ1v) is 7.08. The Labute approximate surface area is 110 Å². The third kappa shape index (κ3) is 1.66. The molecular weight excluding hydrogens is 254 g/mol. The van der Waals surface area contributed by atoms with E-state index in [1.165, 1.54) is 18.9 Å². The zero-order valence-electron chi connectivity index (χ0n) is 10.3. The number of ether oxygens (including phenoxy) is 3. The van der Waals surface area contributed by atoms with Crippen LogP contribution in [0.5, 0.6) is 0 Å². The number of nitrogens with two attached hydrogens (primary N) is 1. The largest absolute Gasteiger partial charge is 0.466 e. The lowest BCUT2D eigenvalue weighted by Crippen LogP contribution is -2.48. The van der Waals surface area contributed by atoms with Crippen LogP contribution in [0.25, 0.3) is 0 Å². The van der Waals surface area contributed by atoms with Gasteiger partial charge in [-0.05, 0) is 12.8 Å². The molecule has 6 heteroatoms. The molecule has 1 saturated heterocycles. The summed E-state index contributed by atoms with van der Waals surface area (Å²) >= 11 is 1.50. The summed E-state index contributed by atoms with van der Waals surface area (Å²) in [4.78, 5) is 11.8. The maximum absolute atomic E-state index is 11.8. The molecule has 3 aliphatic rings. The smallest absolute Gasteiger partial charge is 0.336 e. The standard InChI is InChI=1S/C12H17NO4S/c1-15-11(14)8-7-3-2-4-12(16-5-6-17-12)9(7)18-10(8)13/h7,9H,2-6,13H2,1H3. The van der Waals surface area contributed by atoms with Crippen molar-refractivity contribution in [2.24, 2.45) is 11.7 Å². The molecule has 0 aromatic carbocycles. The molecule has 5 nitrogen and oxygen atoms in total. The summed E-state index contributed by atoms with van der Waals surface area (Å²) in [6.07, 6.45) is 2.80. The lowest BCUT2D eigenvalue weighted by molar-refractivity contribution is -0.178. The number of thioether (sulfide) groups is 1. The van der Waals surface area contributed by atoms with Crippen LogP contribution in [0.2, 0.25) is 0 Å². The van der Waals surface area contributed by atoms with Crippen LogP contribution < -0.4 is 5.73 Å². The Morgan fingerprint density at radius 3 is 2.89 bits per heavy atom. The highest BCUT2D eigenvalue weighted by atomic mass is 32.2. The number of carbonyl (C=O) groups excluding carboxylic acids is 1. The Morgan fingerprint density at radius 2 is 2.22 bits per heavy atom. The van der Waals surface area contributed by atoms with E-state index in [1.54, 1.807) is 0 Å². The van der Waals surface area contributed by atoms with Crippen molar-refractivity contribution in [1.29, 1.82) is 0 Å². The minimum absolute atomic E-state index is 0.0860. The Morgan fingerprint density at radius 1 is 1.50 bits per heavy atom. The van der Waals surface area contributed by atoms with Crippen molar-refractivity contribution in [1.82, 2.24) is 0 Å². The molecular formula is C12H17NO4S. The number of carbonyl (C=O) groups is 1. The van der Waals surface area contributed by atoms with Crippen LogP contribution in [0, 0.1) is 5.92 Å². The summed E-state index contributed by atoms with van der Waals surface area (Å²) in [7, 11) is 1.39. The number of hydrogen-bond donors (Lipinski definition) is 1. The van der Waals surface area contributed by atoms with Crippen LogP contribution in [0.15, 0.2) is 10.6 Å². The predicted molar refractivity (Wildman–Crippen MR) is 66.6 cm³/mol. The number of rotatable bonds is 1. The van der Waals surface area contributed by atoms with Gasteiger partial charge in [0, 0.05) is 12.3 Å². The molecule has 2 fully saturated rings. The summed E-state index contributed by atoms with van der Waals surface area (Å²) in [5, 5.41) is 0.653. The number of fused-ring (bicyclic) bond motifs is 2. The highest BCUT2D eigenvalue weighted by Gasteiger charge is 2.56. The van der Waals surface area contributed by atoms with E-state index >= 15 is 0 Å². The van der Waals surface area contributed by atoms with Gasteiger partial charge in [0.25, 0.3) is 0 Å². The molecule has 2 N–H and O–H groups in total. The molecule has 2 heterocycles. The Kier molecular flexibility index (Phi) is 3.03. The van der Waals surface area contributed by atoms with Gasteiger partial charge in [-0.25, -0.2) is 4.79 Å². The number of hydrogen-bond acceptors (Lipinski definition) is 6. The minimum atomic E-state index is -0.548. The van der Waals surface area contributed by atoms with Gasteiger partial charge in [-0.3, -0.25) is 0 Å². The van der Waals surface area contributed by atoms with Gasteiger partial charge in [-0.2, -0.15) is 0 Å². The lowest BCUT2D eigenvalue weighted by atomic mass is 9.80. The summed E-state index contributed by atoms with van der Waals surface area (Å²) in [5.41, 5.74) is 6.61. The van der Waals surface area contributed by atoms with Gasteiger partial charge in [-0.1, -0.05) is 11.8 Å². The molecule has 0 amide bonds. The molecule has 2 unspecified atom stereocenters. The molecule has 1 aliphatic carbocycles. The third-order valence-corrected chi connectivity index (χ3v) is 5.33. The van der Waals surface area contributed by atoms with E-state index < -0.39 is 5.79 Å². The fourth-order valence-corrected chi connectivity index (χ4v) is 4.67. The van der Waals surface area contributed by atoms with Crippen molar-refractivity contribution in [2.75, 3.05) is 20.3 Å². The first-order chi connectivity index (χ1) is 8.68. The van der Waals surface area contributed by atoms with Crippen LogP contribution in [0.1, 0.15) is 19.3 Å². The van der Waals surface area contributed by atoms with Crippen molar-refractivity contribution in [2.45, 2.75) is 30.3 Å². The van der Waals surface area contributed by atoms with Crippen LogP contribution in [0.3, 0.4) is 0 Å². The highest BCUT2D eigenvalue weighted by molar-refractivity contribution is 8.04. The molecule has 2 atom stereocenters. The fourth-order valence-electron chi connectivity index (χ4n) is 3.16. The SMILES string of the molecule is COC(=O)C1=C(N)SC2C1CCCC21OCCO1. The van der Waals surface area contributed by atoms with Crippen molar-refractivity contribution in [3.05, 3.63) is 10.6 Å². The molecule has 0 aromatic rings. The lowest BCUT2D eigenvalue weighted by Gasteiger charge is -2.40. The van der Waals surface area contributed by atoms with Crippen molar-refractivity contribution in [3.63, 3.8) is 0 Å². The van der Waals surface area contributed by atoms with Crippen LogP contribution in [-0.2, 0) is 19.0 Å². The zero-order valence-corrected chi connectivity index (χ0v) is 11.1. The van der Waals surface area contributed by atoms with E-state index in [4.69, 9.17) is 19.9 Å². The molecule has 3 rings (SSSR count). The molecule has 0 radical (unpaired) electrons. The van der Waals surface area contributed by atoms with Gasteiger partial charge in [0.05, 0.1) is 36.2 Å². The normalized spacial score (nSPS) is 33.8. The minimum Gasteiger partial charge on any atom is -0.466 e. The summed E-state index contributed by atoms with van der Waals surface area (Å²) < 4.78 is 16.5. The fraction of sp³-hybridized carbons (Fsp3) is 0.750. The van der Waals surface area contributed by atoms with Gasteiger partial charge in [0.1, 0.15) is 0 Å². The average Bonchev–Trinajstić information content (AvgIpc) is 2.95. The molecule has 100 valence electrons. The molecule has 0 bridgehead atoms. The van der Waals surface area contributed by atoms with E-state index in [-0.39, 0.29) is 17.1 Å². The van der Waals surface area contributed by atoms with E-state index in [9.17, 15) is 4.79 Å². The molecule has 0 aromatic heterocycles. The van der Waals surface area contributed by atoms with Crippen molar-refractivity contribution < 1.29 is 19.0 Å². The van der Waals surface area contributed by atoms with Crippen LogP contribution >= 0.6 is 11.8 Å². The van der Waals surface area contributed by atoms with Gasteiger partial charge in [0.15, 0.2) is 5.79 Å². The summed E-state index contributed by atoms with van der Waals surface area (Å²) in [6.45, 7) is 1.24. The Balaban J connectivity index is 1.90. The topological polar surface area (TPSA) is 70.8 Å². The second-order valence-corrected chi connectivity index (χ2v) is 6.00. The highest BCUT2D eigenvalue weighted by Crippen LogP contribution is 2.54. The van der Waals surface area contributed by atoms with Crippen LogP contribution in [0.4, 0.5) is 0 Å². The Hall–Kier alpha value is -0.720. The molecule has 1 spiro atoms. The summed E-state index contributed by atoms with van der Waals surface area (Å²) in [6, 6.07) is 0. The first-order valence-electron chi connectivity index (χ1n) is 6.20. The molecule has 18 heavy (non-hydrogen) atoms. The average molecular weight is 271 g/mol. The van der Waals surface area contributed by atoms with E-state index in [0.717, 1.165) is 19.3 Å². The predicted octanol–water partition coefficient (Wildman–Crippen LogP) is 0.988. The molecule has 1 saturated carbocycles. The second kappa shape index (κ2) is 4.43. The summed E-state index contributed by atoms with van der Waals surface area (Å²) in [5.74, 6) is -0.773. The van der Waals surface area contributed by atoms with Gasteiger partial charge in [0.2, 0.25) is 0 Å². The number of esters is 1. The maximum Gasteiger partial charge on any atom is 0.336 e. The molecule has 2 aliphatic heterocycles. The monoisotopic (exact) mass is 271 g/mol. The number of methoxy groups -OCH3 is 1. The maximum atomic E-state index is 11.8. The van der Waals surface area contributed by atoms with E-state index in [2.05, 4.69) is 0 Å². The van der Waals surface area contributed by atoms with Crippen molar-refractivity contribution in [3.8, 4) is 0 Å². The van der Waals surface area contributed by atoms with Gasteiger partial charge < -0.3 is 19.9 Å². The van der Waals surface area contributed by atoms with Crippen molar-refractivity contribution >= 4 is 17.7 Å². The zero-order chi connectivity index (χ0) is 12.8.